The van der Waals surface area contributed by atoms with Crippen LogP contribution in [0.1, 0.15) is 6.42 Å². The van der Waals surface area contributed by atoms with Gasteiger partial charge in [-0.3, -0.25) is 0 Å². The molecule has 0 spiro atoms. The van der Waals surface area contributed by atoms with Gasteiger partial charge in [0.05, 0.1) is 0 Å². The van der Waals surface area contributed by atoms with Crippen LogP contribution >= 0.6 is 7.92 Å². The van der Waals surface area contributed by atoms with Crippen molar-refractivity contribution in [2.75, 3.05) is 6.16 Å². The Morgan fingerprint density at radius 2 is 1.25 bits per heavy atom. The summed E-state index contributed by atoms with van der Waals surface area (Å²) in [6.45, 7) is 0. The van der Waals surface area contributed by atoms with E-state index in [-0.39, 0.29) is 43.9 Å². The SMILES string of the molecule is O=C([O-])CC(CP(c1ccccc1)c1ccccc1)C(=O)[O-].[Li+].[Li+]. The quantitative estimate of drug-likeness (QED) is 0.374. The van der Waals surface area contributed by atoms with Crippen LogP contribution in [0.5, 0.6) is 0 Å². The molecule has 0 saturated carbocycles. The molecule has 2 rings (SSSR count). The minimum atomic E-state index is -1.37. The summed E-state index contributed by atoms with van der Waals surface area (Å²) in [6, 6.07) is 19.1. The Kier molecular flexibility index (Phi) is 11.1. The van der Waals surface area contributed by atoms with Crippen LogP contribution in [0.25, 0.3) is 0 Å². The summed E-state index contributed by atoms with van der Waals surface area (Å²) in [5, 5.41) is 24.0. The summed E-state index contributed by atoms with van der Waals surface area (Å²) < 4.78 is 0. The second-order valence-electron chi connectivity index (χ2n) is 4.87. The van der Waals surface area contributed by atoms with Gasteiger partial charge >= 0.3 is 37.7 Å². The van der Waals surface area contributed by atoms with Crippen LogP contribution < -0.4 is 58.5 Å². The molecule has 1 atom stereocenters. The van der Waals surface area contributed by atoms with Crippen molar-refractivity contribution < 1.29 is 57.5 Å². The van der Waals surface area contributed by atoms with Gasteiger partial charge in [-0.25, -0.2) is 0 Å². The first-order valence-electron chi connectivity index (χ1n) is 6.86. The maximum Gasteiger partial charge on any atom is 1.00 e. The molecule has 0 N–H and O–H groups in total. The monoisotopic (exact) mass is 328 g/mol. The summed E-state index contributed by atoms with van der Waals surface area (Å²) in [6.07, 6.45) is -0.305. The van der Waals surface area contributed by atoms with Crippen molar-refractivity contribution >= 4 is 30.5 Å². The van der Waals surface area contributed by atoms with E-state index in [2.05, 4.69) is 0 Å². The van der Waals surface area contributed by atoms with Crippen LogP contribution in [0.15, 0.2) is 60.7 Å². The maximum atomic E-state index is 11.2. The summed E-state index contributed by atoms with van der Waals surface area (Å²) in [4.78, 5) is 22.0. The number of aliphatic carboxylic acids is 2. The Balaban J connectivity index is 0.00000264. The number of carboxylic acids is 2. The number of carbonyl (C=O) groups is 2. The van der Waals surface area contributed by atoms with Gasteiger partial charge in [0.15, 0.2) is 0 Å². The molecule has 2 aromatic rings. The molecular formula is C17H15Li2O4P. The number of hydrogen-bond donors (Lipinski definition) is 0. The van der Waals surface area contributed by atoms with Crippen LogP contribution in [0, 0.1) is 5.92 Å². The third kappa shape index (κ3) is 6.86. The molecule has 0 amide bonds. The second-order valence-corrected chi connectivity index (χ2v) is 7.13. The molecule has 0 saturated heterocycles. The van der Waals surface area contributed by atoms with Gasteiger partial charge in [-0.15, -0.1) is 0 Å². The van der Waals surface area contributed by atoms with Gasteiger partial charge in [-0.05, 0) is 31.1 Å². The Morgan fingerprint density at radius 1 is 0.833 bits per heavy atom. The third-order valence-corrected chi connectivity index (χ3v) is 5.93. The van der Waals surface area contributed by atoms with E-state index in [0.717, 1.165) is 10.6 Å². The fourth-order valence-corrected chi connectivity index (χ4v) is 4.72. The largest absolute Gasteiger partial charge is 1.00 e. The van der Waals surface area contributed by atoms with Gasteiger partial charge in [0.1, 0.15) is 0 Å². The van der Waals surface area contributed by atoms with Crippen molar-refractivity contribution in [2.45, 2.75) is 6.42 Å². The molecule has 0 fully saturated rings. The van der Waals surface area contributed by atoms with Crippen LogP contribution in [-0.4, -0.2) is 18.1 Å². The Labute approximate surface area is 166 Å². The van der Waals surface area contributed by atoms with E-state index in [1.165, 1.54) is 0 Å². The molecule has 0 heterocycles. The number of carboxylic acid groups (broad SMARTS) is 2. The van der Waals surface area contributed by atoms with Crippen LogP contribution in [0.2, 0.25) is 0 Å². The van der Waals surface area contributed by atoms with Crippen LogP contribution in [0.3, 0.4) is 0 Å². The van der Waals surface area contributed by atoms with Crippen LogP contribution in [-0.2, 0) is 9.59 Å². The second kappa shape index (κ2) is 11.5. The van der Waals surface area contributed by atoms with Crippen molar-refractivity contribution in [1.29, 1.82) is 0 Å². The van der Waals surface area contributed by atoms with E-state index in [9.17, 15) is 19.8 Å². The molecule has 0 aliphatic heterocycles. The van der Waals surface area contributed by atoms with E-state index in [0.29, 0.717) is 0 Å². The van der Waals surface area contributed by atoms with E-state index in [1.54, 1.807) is 0 Å². The molecule has 114 valence electrons. The summed E-state index contributed by atoms with van der Waals surface area (Å²) in [5.41, 5.74) is 0. The zero-order valence-corrected chi connectivity index (χ0v) is 14.7. The molecule has 0 radical (unpaired) electrons. The van der Waals surface area contributed by atoms with Gasteiger partial charge < -0.3 is 19.8 Å². The Morgan fingerprint density at radius 3 is 1.58 bits per heavy atom. The fraction of sp³-hybridized carbons (Fsp3) is 0.176. The minimum Gasteiger partial charge on any atom is -0.550 e. The number of rotatable bonds is 7. The molecule has 7 heteroatoms. The average molecular weight is 328 g/mol. The first kappa shape index (κ1) is 23.0. The van der Waals surface area contributed by atoms with Crippen molar-refractivity contribution in [3.05, 3.63) is 60.7 Å². The molecule has 1 unspecified atom stereocenters. The average Bonchev–Trinajstić information content (AvgIpc) is 2.52. The zero-order chi connectivity index (χ0) is 15.9. The smallest absolute Gasteiger partial charge is 0.550 e. The molecule has 0 aromatic heterocycles. The van der Waals surface area contributed by atoms with Crippen molar-refractivity contribution in [3.63, 3.8) is 0 Å². The summed E-state index contributed by atoms with van der Waals surface area (Å²) in [7, 11) is -0.965. The number of benzene rings is 2. The van der Waals surface area contributed by atoms with Gasteiger partial charge in [0.2, 0.25) is 0 Å². The van der Waals surface area contributed by atoms with Gasteiger partial charge in [0.25, 0.3) is 0 Å². The van der Waals surface area contributed by atoms with Crippen molar-refractivity contribution in [1.82, 2.24) is 0 Å². The van der Waals surface area contributed by atoms with Crippen molar-refractivity contribution in [3.8, 4) is 0 Å². The Bertz CT molecular complexity index is 598. The van der Waals surface area contributed by atoms with Gasteiger partial charge in [0, 0.05) is 17.9 Å². The maximum absolute atomic E-state index is 11.2. The first-order chi connectivity index (χ1) is 10.6. The summed E-state index contributed by atoms with van der Waals surface area (Å²) >= 11 is 0. The number of carbonyl (C=O) groups excluding carboxylic acids is 2. The first-order valence-corrected chi connectivity index (χ1v) is 8.39. The van der Waals surface area contributed by atoms with Crippen molar-refractivity contribution in [2.24, 2.45) is 5.92 Å². The van der Waals surface area contributed by atoms with E-state index in [1.807, 2.05) is 60.7 Å². The Hall–Kier alpha value is -0.995. The zero-order valence-electron chi connectivity index (χ0n) is 13.8. The molecule has 24 heavy (non-hydrogen) atoms. The van der Waals surface area contributed by atoms with Gasteiger partial charge in [-0.2, -0.15) is 0 Å². The standard InChI is InChI=1S/C17H17O4P.2Li/c18-16(19)11-13(17(20)21)12-22(14-7-3-1-4-8-14)15-9-5-2-6-10-15;;/h1-10,13H,11-12H2,(H,18,19)(H,20,21);;/q;2*+1/p-2. The molecule has 0 bridgehead atoms. The molecule has 0 aliphatic rings. The van der Waals surface area contributed by atoms with Gasteiger partial charge in [-0.1, -0.05) is 60.7 Å². The minimum absolute atomic E-state index is 0. The number of hydrogen-bond acceptors (Lipinski definition) is 4. The molecule has 0 aliphatic carbocycles. The molecular weight excluding hydrogens is 313 g/mol. The topological polar surface area (TPSA) is 80.3 Å². The predicted molar refractivity (Wildman–Crippen MR) is 82.1 cm³/mol. The van der Waals surface area contributed by atoms with Crippen LogP contribution in [0.4, 0.5) is 0 Å². The van der Waals surface area contributed by atoms with E-state index in [4.69, 9.17) is 0 Å². The molecule has 4 nitrogen and oxygen atoms in total. The summed E-state index contributed by atoms with van der Waals surface area (Å²) in [5.74, 6) is -3.77. The normalized spacial score (nSPS) is 11.0. The fourth-order valence-electron chi connectivity index (χ4n) is 2.22. The predicted octanol–water partition coefficient (Wildman–Crippen LogP) is -6.37. The van der Waals surface area contributed by atoms with E-state index >= 15 is 0 Å². The third-order valence-electron chi connectivity index (χ3n) is 3.29. The van der Waals surface area contributed by atoms with E-state index < -0.39 is 32.2 Å². The molecule has 2 aromatic carbocycles.